The summed E-state index contributed by atoms with van der Waals surface area (Å²) < 4.78 is 29.1. The number of hydrogen-bond acceptors (Lipinski definition) is 7. The van der Waals surface area contributed by atoms with Gasteiger partial charge in [-0.2, -0.15) is 4.31 Å². The topological polar surface area (TPSA) is 128 Å². The van der Waals surface area contributed by atoms with Gasteiger partial charge in [0.2, 0.25) is 15.9 Å². The van der Waals surface area contributed by atoms with E-state index in [4.69, 9.17) is 5.73 Å². The minimum atomic E-state index is -3.61. The van der Waals surface area contributed by atoms with Crippen LogP contribution >= 0.6 is 11.8 Å². The molecular weight excluding hydrogens is 414 g/mol. The first-order valence-corrected chi connectivity index (χ1v) is 11.5. The summed E-state index contributed by atoms with van der Waals surface area (Å²) in [4.78, 5) is 22.5. The van der Waals surface area contributed by atoms with E-state index in [1.807, 2.05) is 11.6 Å². The average molecular weight is 438 g/mol. The number of primary amides is 1. The van der Waals surface area contributed by atoms with Gasteiger partial charge in [-0.15, -0.1) is 10.2 Å². The summed E-state index contributed by atoms with van der Waals surface area (Å²) in [6.07, 6.45) is 1.24. The maximum absolute atomic E-state index is 12.9. The van der Waals surface area contributed by atoms with E-state index in [2.05, 4.69) is 10.2 Å². The molecule has 1 amide bonds. The highest BCUT2D eigenvalue weighted by atomic mass is 32.2. The molecular formula is C18H23N5O4S2. The van der Waals surface area contributed by atoms with Crippen molar-refractivity contribution in [1.29, 1.82) is 0 Å². The molecule has 29 heavy (non-hydrogen) atoms. The lowest BCUT2D eigenvalue weighted by Crippen LogP contribution is -2.38. The number of hydrogen-bond donors (Lipinski definition) is 1. The molecule has 0 aliphatic carbocycles. The monoisotopic (exact) mass is 437 g/mol. The number of aromatic nitrogens is 3. The zero-order valence-corrected chi connectivity index (χ0v) is 17.9. The zero-order chi connectivity index (χ0) is 21.2. The van der Waals surface area contributed by atoms with Crippen molar-refractivity contribution in [3.05, 3.63) is 35.7 Å². The highest BCUT2D eigenvalue weighted by molar-refractivity contribution is 7.99. The van der Waals surface area contributed by atoms with Crippen LogP contribution in [-0.4, -0.2) is 58.0 Å². The van der Waals surface area contributed by atoms with Crippen LogP contribution in [-0.2, 0) is 21.9 Å². The molecule has 0 saturated carbocycles. The molecule has 156 valence electrons. The fourth-order valence-electron chi connectivity index (χ4n) is 3.31. The van der Waals surface area contributed by atoms with E-state index in [0.717, 1.165) is 5.82 Å². The van der Waals surface area contributed by atoms with E-state index < -0.39 is 15.9 Å². The lowest BCUT2D eigenvalue weighted by molar-refractivity contribution is -0.115. The van der Waals surface area contributed by atoms with Gasteiger partial charge in [-0.3, -0.25) is 9.59 Å². The van der Waals surface area contributed by atoms with Gasteiger partial charge in [0.1, 0.15) is 5.82 Å². The van der Waals surface area contributed by atoms with Gasteiger partial charge < -0.3 is 10.3 Å². The van der Waals surface area contributed by atoms with Gasteiger partial charge in [0, 0.05) is 31.6 Å². The summed E-state index contributed by atoms with van der Waals surface area (Å²) in [5, 5.41) is 8.95. The van der Waals surface area contributed by atoms with E-state index >= 15 is 0 Å². The van der Waals surface area contributed by atoms with Crippen LogP contribution in [0.3, 0.4) is 0 Å². The molecule has 0 bridgehead atoms. The van der Waals surface area contributed by atoms with Crippen LogP contribution in [0.25, 0.3) is 0 Å². The van der Waals surface area contributed by atoms with Gasteiger partial charge in [0.15, 0.2) is 10.9 Å². The maximum Gasteiger partial charge on any atom is 0.243 e. The molecule has 1 saturated heterocycles. The summed E-state index contributed by atoms with van der Waals surface area (Å²) >= 11 is 1.23. The first-order valence-electron chi connectivity index (χ1n) is 9.11. The minimum absolute atomic E-state index is 0.0852. The maximum atomic E-state index is 12.9. The minimum Gasteiger partial charge on any atom is -0.369 e. The van der Waals surface area contributed by atoms with Gasteiger partial charge in [-0.1, -0.05) is 23.9 Å². The van der Waals surface area contributed by atoms with Gasteiger partial charge >= 0.3 is 0 Å². The second-order valence-corrected chi connectivity index (χ2v) is 9.79. The predicted molar refractivity (Wildman–Crippen MR) is 108 cm³/mol. The lowest BCUT2D eigenvalue weighted by Gasteiger charge is -2.30. The fourth-order valence-corrected chi connectivity index (χ4v) is 5.43. The Hall–Kier alpha value is -2.24. The van der Waals surface area contributed by atoms with Gasteiger partial charge in [0.05, 0.1) is 10.6 Å². The number of nitrogens with two attached hydrogens (primary N) is 1. The molecule has 0 spiro atoms. The zero-order valence-electron chi connectivity index (χ0n) is 16.2. The van der Waals surface area contributed by atoms with Crippen molar-refractivity contribution in [2.24, 2.45) is 12.8 Å². The summed E-state index contributed by atoms with van der Waals surface area (Å²) in [6, 6.07) is 6.02. The standard InChI is InChI=1S/C18H23N5O4S2/c1-12(24)13-3-5-15(6-4-13)29(26,27)23-9-7-14(8-10-23)17-20-21-18(22(17)2)28-11-16(19)25/h3-6,14H,7-11H2,1-2H3,(H2,19,25). The summed E-state index contributed by atoms with van der Waals surface area (Å²) in [5.41, 5.74) is 5.65. The molecule has 1 aromatic heterocycles. The number of Topliss-reactive ketones (excluding diaryl/α,β-unsaturated/α-hetero) is 1. The molecule has 11 heteroatoms. The summed E-state index contributed by atoms with van der Waals surface area (Å²) in [6.45, 7) is 2.19. The van der Waals surface area contributed by atoms with Crippen LogP contribution in [0.5, 0.6) is 0 Å². The third-order valence-corrected chi connectivity index (χ3v) is 7.89. The molecule has 9 nitrogen and oxygen atoms in total. The Kier molecular flexibility index (Phi) is 6.39. The number of benzene rings is 1. The number of ketones is 1. The van der Waals surface area contributed by atoms with E-state index in [1.54, 1.807) is 0 Å². The Labute approximate surface area is 173 Å². The first-order chi connectivity index (χ1) is 13.7. The van der Waals surface area contributed by atoms with E-state index in [0.29, 0.717) is 36.7 Å². The van der Waals surface area contributed by atoms with Crippen molar-refractivity contribution >= 4 is 33.5 Å². The van der Waals surface area contributed by atoms with Crippen molar-refractivity contribution in [3.63, 3.8) is 0 Å². The normalized spacial score (nSPS) is 16.1. The van der Waals surface area contributed by atoms with Crippen LogP contribution in [0.2, 0.25) is 0 Å². The molecule has 0 unspecified atom stereocenters. The van der Waals surface area contributed by atoms with Gasteiger partial charge in [0.25, 0.3) is 0 Å². The Morgan fingerprint density at radius 2 is 1.79 bits per heavy atom. The number of nitrogens with zero attached hydrogens (tertiary/aromatic N) is 4. The van der Waals surface area contributed by atoms with Crippen LogP contribution in [0.1, 0.15) is 41.9 Å². The lowest BCUT2D eigenvalue weighted by atomic mass is 9.97. The van der Waals surface area contributed by atoms with Crippen molar-refractivity contribution in [2.45, 2.75) is 35.7 Å². The van der Waals surface area contributed by atoms with Crippen molar-refractivity contribution in [1.82, 2.24) is 19.1 Å². The van der Waals surface area contributed by atoms with Crippen molar-refractivity contribution < 1.29 is 18.0 Å². The third kappa shape index (κ3) is 4.68. The predicted octanol–water partition coefficient (Wildman–Crippen LogP) is 1.16. The second kappa shape index (κ2) is 8.64. The molecule has 2 aromatic rings. The highest BCUT2D eigenvalue weighted by Crippen LogP contribution is 2.31. The molecule has 0 radical (unpaired) electrons. The quantitative estimate of drug-likeness (QED) is 0.508. The molecule has 1 aliphatic heterocycles. The van der Waals surface area contributed by atoms with Crippen LogP contribution in [0.15, 0.2) is 34.3 Å². The molecule has 3 rings (SSSR count). The number of carbonyl (C=O) groups is 2. The third-order valence-electron chi connectivity index (χ3n) is 4.93. The Balaban J connectivity index is 1.67. The number of amides is 1. The van der Waals surface area contributed by atoms with E-state index in [1.165, 1.54) is 47.3 Å². The molecule has 2 heterocycles. The Morgan fingerprint density at radius 1 is 1.17 bits per heavy atom. The van der Waals surface area contributed by atoms with Crippen LogP contribution in [0, 0.1) is 0 Å². The molecule has 1 aromatic carbocycles. The number of rotatable bonds is 7. The largest absolute Gasteiger partial charge is 0.369 e. The van der Waals surface area contributed by atoms with E-state index in [-0.39, 0.29) is 22.3 Å². The molecule has 1 aliphatic rings. The SMILES string of the molecule is CC(=O)c1ccc(S(=O)(=O)N2CCC(c3nnc(SCC(N)=O)n3C)CC2)cc1. The Bertz CT molecular complexity index is 1010. The van der Waals surface area contributed by atoms with Crippen molar-refractivity contribution in [3.8, 4) is 0 Å². The highest BCUT2D eigenvalue weighted by Gasteiger charge is 2.32. The average Bonchev–Trinajstić information content (AvgIpc) is 3.07. The van der Waals surface area contributed by atoms with Gasteiger partial charge in [-0.05, 0) is 31.9 Å². The smallest absolute Gasteiger partial charge is 0.243 e. The molecule has 0 atom stereocenters. The van der Waals surface area contributed by atoms with Crippen LogP contribution in [0.4, 0.5) is 0 Å². The number of thioether (sulfide) groups is 1. The Morgan fingerprint density at radius 3 is 2.34 bits per heavy atom. The van der Waals surface area contributed by atoms with Crippen LogP contribution < -0.4 is 5.73 Å². The fraction of sp³-hybridized carbons (Fsp3) is 0.444. The number of carbonyl (C=O) groups excluding carboxylic acids is 2. The summed E-state index contributed by atoms with van der Waals surface area (Å²) in [5.74, 6) is 0.466. The molecule has 2 N–H and O–H groups in total. The molecule has 1 fully saturated rings. The van der Waals surface area contributed by atoms with Gasteiger partial charge in [-0.25, -0.2) is 8.42 Å². The van der Waals surface area contributed by atoms with E-state index in [9.17, 15) is 18.0 Å². The van der Waals surface area contributed by atoms with Crippen molar-refractivity contribution in [2.75, 3.05) is 18.8 Å². The first kappa shape index (κ1) is 21.5. The number of piperidine rings is 1. The second-order valence-electron chi connectivity index (χ2n) is 6.91. The number of sulfonamides is 1. The summed E-state index contributed by atoms with van der Waals surface area (Å²) in [7, 11) is -1.78.